The lowest BCUT2D eigenvalue weighted by atomic mass is 10.1. The lowest BCUT2D eigenvalue weighted by Crippen LogP contribution is -2.14. The summed E-state index contributed by atoms with van der Waals surface area (Å²) in [5.74, 6) is 0. The minimum absolute atomic E-state index is 0.555. The fourth-order valence-electron chi connectivity index (χ4n) is 1.59. The average molecular weight is 236 g/mol. The summed E-state index contributed by atoms with van der Waals surface area (Å²) in [6, 6.07) is 0. The normalized spacial score (nSPS) is 23.1. The smallest absolute Gasteiger partial charge is 0.0513 e. The largest absolute Gasteiger partial charge is 0.267 e. The Kier molecular flexibility index (Phi) is 6.16. The van der Waals surface area contributed by atoms with E-state index >= 15 is 0 Å². The molecule has 2 nitrogen and oxygen atoms in total. The molecule has 88 valence electrons. The molecule has 3 heteroatoms. The van der Waals surface area contributed by atoms with Crippen LogP contribution in [0.3, 0.4) is 0 Å². The molecule has 0 bridgehead atoms. The van der Waals surface area contributed by atoms with Gasteiger partial charge in [0.25, 0.3) is 0 Å². The SMILES string of the molecule is CC.CCC1=CCC(C2=NC=CN=CC2)S1. The molecule has 1 unspecified atom stereocenters. The first-order valence-corrected chi connectivity index (χ1v) is 6.87. The van der Waals surface area contributed by atoms with Crippen LogP contribution < -0.4 is 0 Å². The zero-order valence-electron chi connectivity index (χ0n) is 10.3. The van der Waals surface area contributed by atoms with Gasteiger partial charge in [-0.25, -0.2) is 0 Å². The van der Waals surface area contributed by atoms with Crippen molar-refractivity contribution in [3.05, 3.63) is 23.4 Å². The van der Waals surface area contributed by atoms with Gasteiger partial charge in [-0.1, -0.05) is 26.8 Å². The van der Waals surface area contributed by atoms with E-state index in [0.29, 0.717) is 5.25 Å². The van der Waals surface area contributed by atoms with Crippen molar-refractivity contribution in [3.8, 4) is 0 Å². The second-order valence-electron chi connectivity index (χ2n) is 3.32. The lowest BCUT2D eigenvalue weighted by Gasteiger charge is -2.10. The predicted molar refractivity (Wildman–Crippen MR) is 75.4 cm³/mol. The molecule has 2 rings (SSSR count). The highest BCUT2D eigenvalue weighted by Crippen LogP contribution is 2.35. The predicted octanol–water partition coefficient (Wildman–Crippen LogP) is 4.20. The van der Waals surface area contributed by atoms with Gasteiger partial charge in [0.05, 0.1) is 5.25 Å². The monoisotopic (exact) mass is 236 g/mol. The summed E-state index contributed by atoms with van der Waals surface area (Å²) in [6.07, 6.45) is 11.0. The van der Waals surface area contributed by atoms with Gasteiger partial charge in [-0.05, 0) is 17.7 Å². The maximum absolute atomic E-state index is 4.43. The number of rotatable bonds is 2. The summed E-state index contributed by atoms with van der Waals surface area (Å²) in [4.78, 5) is 10.0. The molecule has 2 aliphatic heterocycles. The fourth-order valence-corrected chi connectivity index (χ4v) is 2.80. The highest BCUT2D eigenvalue weighted by atomic mass is 32.2. The zero-order chi connectivity index (χ0) is 11.8. The van der Waals surface area contributed by atoms with Gasteiger partial charge in [0.2, 0.25) is 0 Å². The van der Waals surface area contributed by atoms with Crippen LogP contribution >= 0.6 is 11.8 Å². The van der Waals surface area contributed by atoms with E-state index in [2.05, 4.69) is 23.0 Å². The summed E-state index contributed by atoms with van der Waals surface area (Å²) < 4.78 is 0. The first-order chi connectivity index (χ1) is 7.90. The summed E-state index contributed by atoms with van der Waals surface area (Å²) in [6.45, 7) is 6.21. The van der Waals surface area contributed by atoms with Gasteiger partial charge in [0.1, 0.15) is 0 Å². The topological polar surface area (TPSA) is 24.7 Å². The number of hydrogen-bond acceptors (Lipinski definition) is 3. The van der Waals surface area contributed by atoms with E-state index in [0.717, 1.165) is 19.3 Å². The van der Waals surface area contributed by atoms with E-state index in [4.69, 9.17) is 0 Å². The zero-order valence-corrected chi connectivity index (χ0v) is 11.1. The van der Waals surface area contributed by atoms with Gasteiger partial charge in [0, 0.05) is 30.7 Å². The van der Waals surface area contributed by atoms with Crippen molar-refractivity contribution in [1.29, 1.82) is 0 Å². The van der Waals surface area contributed by atoms with Gasteiger partial charge < -0.3 is 0 Å². The highest BCUT2D eigenvalue weighted by Gasteiger charge is 2.21. The Labute approximate surface area is 103 Å². The third-order valence-corrected chi connectivity index (χ3v) is 3.88. The van der Waals surface area contributed by atoms with Gasteiger partial charge in [0.15, 0.2) is 0 Å². The van der Waals surface area contributed by atoms with E-state index in [1.54, 1.807) is 12.4 Å². The van der Waals surface area contributed by atoms with E-state index in [1.165, 1.54) is 10.6 Å². The fraction of sp³-hybridized carbons (Fsp3) is 0.538. The average Bonchev–Trinajstić information content (AvgIpc) is 2.66. The van der Waals surface area contributed by atoms with Crippen LogP contribution in [0.15, 0.2) is 33.4 Å². The van der Waals surface area contributed by atoms with Gasteiger partial charge in [-0.3, -0.25) is 9.98 Å². The molecular weight excluding hydrogens is 216 g/mol. The number of thioether (sulfide) groups is 1. The molecule has 0 saturated carbocycles. The van der Waals surface area contributed by atoms with Crippen LogP contribution in [0.1, 0.15) is 40.0 Å². The quantitative estimate of drug-likeness (QED) is 0.705. The molecule has 0 spiro atoms. The van der Waals surface area contributed by atoms with E-state index in [-0.39, 0.29) is 0 Å². The maximum Gasteiger partial charge on any atom is 0.0513 e. The molecule has 16 heavy (non-hydrogen) atoms. The van der Waals surface area contributed by atoms with Crippen LogP contribution in [0.2, 0.25) is 0 Å². The molecule has 0 N–H and O–H groups in total. The van der Waals surface area contributed by atoms with Gasteiger partial charge in [-0.2, -0.15) is 0 Å². The Morgan fingerprint density at radius 1 is 1.38 bits per heavy atom. The molecule has 2 heterocycles. The molecular formula is C13H20N2S. The van der Waals surface area contributed by atoms with E-state index < -0.39 is 0 Å². The van der Waals surface area contributed by atoms with Crippen molar-refractivity contribution in [2.24, 2.45) is 9.98 Å². The second-order valence-corrected chi connectivity index (χ2v) is 4.65. The third-order valence-electron chi connectivity index (χ3n) is 2.37. The molecule has 0 aliphatic carbocycles. The Bertz CT molecular complexity index is 327. The van der Waals surface area contributed by atoms with Crippen molar-refractivity contribution < 1.29 is 0 Å². The summed E-state index contributed by atoms with van der Waals surface area (Å²) in [5.41, 5.74) is 1.26. The van der Waals surface area contributed by atoms with E-state index in [9.17, 15) is 0 Å². The van der Waals surface area contributed by atoms with Crippen LogP contribution in [-0.2, 0) is 0 Å². The van der Waals surface area contributed by atoms with Crippen molar-refractivity contribution in [2.45, 2.75) is 45.3 Å². The molecule has 2 aliphatic rings. The second kappa shape index (κ2) is 7.44. The van der Waals surface area contributed by atoms with Crippen LogP contribution in [0.5, 0.6) is 0 Å². The maximum atomic E-state index is 4.43. The minimum Gasteiger partial charge on any atom is -0.267 e. The Morgan fingerprint density at radius 2 is 2.19 bits per heavy atom. The number of aliphatic imine (C=N–C) groups is 2. The first kappa shape index (κ1) is 13.2. The Balaban J connectivity index is 0.000000606. The standard InChI is InChI=1S/C11H14N2S.C2H6/c1-2-9-3-4-11(14-9)10-5-6-12-7-8-13-10;1-2/h3,6-8,11H,2,4-5H2,1H3;1-2H3. The Hall–Kier alpha value is -0.830. The van der Waals surface area contributed by atoms with Crippen LogP contribution in [0.25, 0.3) is 0 Å². The van der Waals surface area contributed by atoms with Crippen LogP contribution in [0.4, 0.5) is 0 Å². The van der Waals surface area contributed by atoms with Crippen LogP contribution in [-0.4, -0.2) is 17.2 Å². The minimum atomic E-state index is 0.555. The summed E-state index contributed by atoms with van der Waals surface area (Å²) in [7, 11) is 0. The summed E-state index contributed by atoms with van der Waals surface area (Å²) >= 11 is 1.96. The molecule has 1 atom stereocenters. The number of allylic oxidation sites excluding steroid dienone is 2. The molecule has 0 radical (unpaired) electrons. The molecule has 0 fully saturated rings. The molecule has 0 saturated heterocycles. The van der Waals surface area contributed by atoms with Gasteiger partial charge >= 0.3 is 0 Å². The van der Waals surface area contributed by atoms with Crippen molar-refractivity contribution >= 4 is 23.7 Å². The number of hydrogen-bond donors (Lipinski definition) is 0. The van der Waals surface area contributed by atoms with Crippen molar-refractivity contribution in [1.82, 2.24) is 0 Å². The number of nitrogens with zero attached hydrogens (tertiary/aromatic N) is 2. The highest BCUT2D eigenvalue weighted by molar-refractivity contribution is 8.04. The molecule has 0 aromatic carbocycles. The van der Waals surface area contributed by atoms with Gasteiger partial charge in [-0.15, -0.1) is 11.8 Å². The lowest BCUT2D eigenvalue weighted by molar-refractivity contribution is 1.11. The molecule has 0 amide bonds. The van der Waals surface area contributed by atoms with Crippen molar-refractivity contribution in [2.75, 3.05) is 0 Å². The third kappa shape index (κ3) is 3.63. The van der Waals surface area contributed by atoms with Crippen LogP contribution in [0, 0.1) is 0 Å². The first-order valence-electron chi connectivity index (χ1n) is 5.99. The summed E-state index contributed by atoms with van der Waals surface area (Å²) in [5, 5.41) is 0.555. The Morgan fingerprint density at radius 3 is 2.88 bits per heavy atom. The van der Waals surface area contributed by atoms with Crippen molar-refractivity contribution in [3.63, 3.8) is 0 Å². The molecule has 0 aromatic rings. The van der Waals surface area contributed by atoms with E-state index in [1.807, 2.05) is 31.8 Å². The molecule has 0 aromatic heterocycles.